The number of aromatic nitrogens is 3. The summed E-state index contributed by atoms with van der Waals surface area (Å²) >= 11 is 0. The number of carbonyl (C=O) groups excluding carboxylic acids is 1. The van der Waals surface area contributed by atoms with Gasteiger partial charge in [0, 0.05) is 19.4 Å². The molecule has 0 aromatic carbocycles. The molecule has 8 nitrogen and oxygen atoms in total. The minimum Gasteiger partial charge on any atom is -0.358 e. The summed E-state index contributed by atoms with van der Waals surface area (Å²) in [7, 11) is -2.68. The largest absolute Gasteiger partial charge is 0.358 e. The molecule has 2 rings (SSSR count). The SMILES string of the molecule is CNC(=O)Cn1cc(NS(=O)(=O)c2ncccc2F)cn1. The van der Waals surface area contributed by atoms with E-state index < -0.39 is 20.9 Å². The average Bonchev–Trinajstić information content (AvgIpc) is 2.85. The van der Waals surface area contributed by atoms with Crippen LogP contribution in [0, 0.1) is 5.82 Å². The highest BCUT2D eigenvalue weighted by Gasteiger charge is 2.21. The first kappa shape index (κ1) is 14.9. The molecule has 2 heterocycles. The third kappa shape index (κ3) is 3.54. The number of rotatable bonds is 5. The van der Waals surface area contributed by atoms with Crippen molar-refractivity contribution in [3.05, 3.63) is 36.5 Å². The Bertz CT molecular complexity index is 759. The standard InChI is InChI=1S/C11H12FN5O3S/c1-13-10(18)7-17-6-8(5-15-17)16-21(19,20)11-9(12)3-2-4-14-11/h2-6,16H,7H2,1H3,(H,13,18). The molecule has 0 aliphatic rings. The van der Waals surface area contributed by atoms with Crippen molar-refractivity contribution in [2.45, 2.75) is 11.6 Å². The highest BCUT2D eigenvalue weighted by Crippen LogP contribution is 2.15. The molecule has 0 spiro atoms. The number of sulfonamides is 1. The molecule has 0 radical (unpaired) electrons. The monoisotopic (exact) mass is 313 g/mol. The summed E-state index contributed by atoms with van der Waals surface area (Å²) in [5.41, 5.74) is 0.101. The number of likely N-dealkylation sites (N-methyl/N-ethyl adjacent to an activating group) is 1. The van der Waals surface area contributed by atoms with Gasteiger partial charge in [0.2, 0.25) is 10.9 Å². The van der Waals surface area contributed by atoms with Crippen molar-refractivity contribution in [1.29, 1.82) is 0 Å². The third-order valence-electron chi connectivity index (χ3n) is 2.45. The summed E-state index contributed by atoms with van der Waals surface area (Å²) in [5, 5.41) is 5.52. The van der Waals surface area contributed by atoms with Gasteiger partial charge in [-0.3, -0.25) is 14.2 Å². The van der Waals surface area contributed by atoms with Crippen LogP contribution in [0.1, 0.15) is 0 Å². The van der Waals surface area contributed by atoms with E-state index >= 15 is 0 Å². The van der Waals surface area contributed by atoms with Crippen LogP contribution in [0.25, 0.3) is 0 Å². The summed E-state index contributed by atoms with van der Waals surface area (Å²) in [5.74, 6) is -1.24. The van der Waals surface area contributed by atoms with Crippen LogP contribution in [-0.4, -0.2) is 36.1 Å². The molecule has 0 saturated carbocycles. The number of carbonyl (C=O) groups is 1. The van der Waals surface area contributed by atoms with Crippen LogP contribution in [-0.2, 0) is 21.4 Å². The van der Waals surface area contributed by atoms with Crippen LogP contribution in [0.3, 0.4) is 0 Å². The third-order valence-corrected chi connectivity index (χ3v) is 3.76. The van der Waals surface area contributed by atoms with E-state index in [4.69, 9.17) is 0 Å². The van der Waals surface area contributed by atoms with Crippen molar-refractivity contribution < 1.29 is 17.6 Å². The number of pyridine rings is 1. The molecule has 10 heteroatoms. The molecule has 0 aliphatic carbocycles. The maximum atomic E-state index is 13.5. The molecule has 2 N–H and O–H groups in total. The number of anilines is 1. The quantitative estimate of drug-likeness (QED) is 0.806. The second-order valence-electron chi connectivity index (χ2n) is 4.00. The first-order chi connectivity index (χ1) is 9.92. The van der Waals surface area contributed by atoms with E-state index in [1.54, 1.807) is 0 Å². The van der Waals surface area contributed by atoms with Crippen molar-refractivity contribution in [2.75, 3.05) is 11.8 Å². The van der Waals surface area contributed by atoms with Gasteiger partial charge >= 0.3 is 0 Å². The molecule has 21 heavy (non-hydrogen) atoms. The van der Waals surface area contributed by atoms with Crippen LogP contribution < -0.4 is 10.0 Å². The molecular weight excluding hydrogens is 301 g/mol. The summed E-state index contributed by atoms with van der Waals surface area (Å²) in [4.78, 5) is 14.7. The predicted octanol–water partition coefficient (Wildman–Crippen LogP) is -0.0360. The predicted molar refractivity (Wildman–Crippen MR) is 71.3 cm³/mol. The Balaban J connectivity index is 2.18. The van der Waals surface area contributed by atoms with E-state index in [0.717, 1.165) is 6.07 Å². The first-order valence-electron chi connectivity index (χ1n) is 5.79. The maximum absolute atomic E-state index is 13.5. The average molecular weight is 313 g/mol. The van der Waals surface area contributed by atoms with Crippen molar-refractivity contribution in [2.24, 2.45) is 0 Å². The van der Waals surface area contributed by atoms with Crippen LogP contribution in [0.5, 0.6) is 0 Å². The number of amides is 1. The minimum absolute atomic E-state index is 0.0593. The summed E-state index contributed by atoms with van der Waals surface area (Å²) < 4.78 is 40.8. The Morgan fingerprint density at radius 2 is 2.24 bits per heavy atom. The molecule has 0 bridgehead atoms. The number of halogens is 1. The zero-order valence-corrected chi connectivity index (χ0v) is 11.8. The van der Waals surface area contributed by atoms with E-state index in [2.05, 4.69) is 20.1 Å². The van der Waals surface area contributed by atoms with Gasteiger partial charge in [0.05, 0.1) is 11.9 Å². The summed E-state index contributed by atoms with van der Waals surface area (Å²) in [6, 6.07) is 2.28. The van der Waals surface area contributed by atoms with E-state index in [1.807, 2.05) is 0 Å². The second kappa shape index (κ2) is 5.87. The fourth-order valence-corrected chi connectivity index (χ4v) is 2.54. The lowest BCUT2D eigenvalue weighted by atomic mass is 10.5. The van der Waals surface area contributed by atoms with Crippen LogP contribution in [0.4, 0.5) is 10.1 Å². The van der Waals surface area contributed by atoms with Crippen LogP contribution in [0.15, 0.2) is 35.7 Å². The van der Waals surface area contributed by atoms with E-state index in [9.17, 15) is 17.6 Å². The van der Waals surface area contributed by atoms with Gasteiger partial charge in [-0.2, -0.15) is 13.5 Å². The molecule has 112 valence electrons. The lowest BCUT2D eigenvalue weighted by Gasteiger charge is -2.05. The van der Waals surface area contributed by atoms with E-state index in [0.29, 0.717) is 0 Å². The molecular formula is C11H12FN5O3S. The summed E-state index contributed by atoms with van der Waals surface area (Å²) in [6.45, 7) is -0.0593. The first-order valence-corrected chi connectivity index (χ1v) is 7.27. The molecule has 2 aromatic heterocycles. The zero-order valence-electron chi connectivity index (χ0n) is 10.9. The summed E-state index contributed by atoms with van der Waals surface area (Å²) in [6.07, 6.45) is 3.70. The van der Waals surface area contributed by atoms with E-state index in [1.165, 1.54) is 36.4 Å². The van der Waals surface area contributed by atoms with Gasteiger partial charge in [-0.15, -0.1) is 0 Å². The topological polar surface area (TPSA) is 106 Å². The van der Waals surface area contributed by atoms with Crippen LogP contribution >= 0.6 is 0 Å². The molecule has 0 unspecified atom stereocenters. The Hall–Kier alpha value is -2.49. The second-order valence-corrected chi connectivity index (χ2v) is 5.59. The molecule has 0 fully saturated rings. The van der Waals surface area contributed by atoms with Crippen molar-refractivity contribution in [3.63, 3.8) is 0 Å². The van der Waals surface area contributed by atoms with Crippen molar-refractivity contribution in [3.8, 4) is 0 Å². The van der Waals surface area contributed by atoms with Gasteiger partial charge in [-0.05, 0) is 12.1 Å². The molecule has 0 aliphatic heterocycles. The molecule has 0 saturated heterocycles. The smallest absolute Gasteiger partial charge is 0.282 e. The minimum atomic E-state index is -4.15. The van der Waals surface area contributed by atoms with Gasteiger partial charge in [-0.1, -0.05) is 0 Å². The van der Waals surface area contributed by atoms with Gasteiger partial charge in [-0.25, -0.2) is 9.37 Å². The molecule has 1 amide bonds. The van der Waals surface area contributed by atoms with Gasteiger partial charge in [0.1, 0.15) is 6.54 Å². The lowest BCUT2D eigenvalue weighted by Crippen LogP contribution is -2.23. The Morgan fingerprint density at radius 3 is 2.90 bits per heavy atom. The fourth-order valence-electron chi connectivity index (χ4n) is 1.50. The highest BCUT2D eigenvalue weighted by atomic mass is 32.2. The van der Waals surface area contributed by atoms with Crippen molar-refractivity contribution in [1.82, 2.24) is 20.1 Å². The zero-order chi connectivity index (χ0) is 15.5. The highest BCUT2D eigenvalue weighted by molar-refractivity contribution is 7.92. The Labute approximate surface area is 120 Å². The Morgan fingerprint density at radius 1 is 1.48 bits per heavy atom. The number of nitrogens with zero attached hydrogens (tertiary/aromatic N) is 3. The van der Waals surface area contributed by atoms with Gasteiger partial charge in [0.25, 0.3) is 10.0 Å². The fraction of sp³-hybridized carbons (Fsp3) is 0.182. The number of hydrogen-bond acceptors (Lipinski definition) is 5. The maximum Gasteiger partial charge on any atom is 0.282 e. The van der Waals surface area contributed by atoms with Gasteiger partial charge < -0.3 is 5.32 Å². The molecule has 0 atom stereocenters. The number of hydrogen-bond donors (Lipinski definition) is 2. The molecule has 2 aromatic rings. The lowest BCUT2D eigenvalue weighted by molar-refractivity contribution is -0.121. The normalized spacial score (nSPS) is 11.1. The number of nitrogens with one attached hydrogen (secondary N) is 2. The Kier molecular flexibility index (Phi) is 4.17. The van der Waals surface area contributed by atoms with Crippen molar-refractivity contribution >= 4 is 21.6 Å². The van der Waals surface area contributed by atoms with Gasteiger partial charge in [0.15, 0.2) is 5.82 Å². The van der Waals surface area contributed by atoms with Crippen LogP contribution in [0.2, 0.25) is 0 Å². The van der Waals surface area contributed by atoms with E-state index in [-0.39, 0.29) is 18.1 Å².